The highest BCUT2D eigenvalue weighted by Gasteiger charge is 1.94. The smallest absolute Gasteiger partial charge is 0.122 e. The molecule has 2 rings (SSSR count). The molecule has 0 spiro atoms. The summed E-state index contributed by atoms with van der Waals surface area (Å²) >= 11 is 0. The Morgan fingerprint density at radius 1 is 0.944 bits per heavy atom. The Morgan fingerprint density at radius 3 is 2.22 bits per heavy atom. The van der Waals surface area contributed by atoms with Gasteiger partial charge in [0, 0.05) is 0 Å². The van der Waals surface area contributed by atoms with Crippen molar-refractivity contribution in [2.24, 2.45) is 5.16 Å². The predicted octanol–water partition coefficient (Wildman–Crippen LogP) is 4.10. The van der Waals surface area contributed by atoms with Gasteiger partial charge in [-0.1, -0.05) is 65.8 Å². The highest BCUT2D eigenvalue weighted by atomic mass is 16.6. The number of oxime groups is 1. The second-order valence-electron chi connectivity index (χ2n) is 3.86. The second kappa shape index (κ2) is 6.40. The Kier molecular flexibility index (Phi) is 4.31. The van der Waals surface area contributed by atoms with E-state index in [2.05, 4.69) is 5.16 Å². The van der Waals surface area contributed by atoms with E-state index in [1.807, 2.05) is 73.7 Å². The first-order valence-electron chi connectivity index (χ1n) is 5.84. The molecule has 0 fully saturated rings. The molecular formula is C16H15NO. The van der Waals surface area contributed by atoms with E-state index < -0.39 is 0 Å². The Labute approximate surface area is 107 Å². The van der Waals surface area contributed by atoms with Crippen LogP contribution in [0.2, 0.25) is 0 Å². The molecule has 0 aromatic heterocycles. The molecule has 90 valence electrons. The minimum Gasteiger partial charge on any atom is -0.365 e. The lowest BCUT2D eigenvalue weighted by Gasteiger charge is -1.98. The molecule has 0 unspecified atom stereocenters. The summed E-state index contributed by atoms with van der Waals surface area (Å²) in [5.74, 6) is 0. The molecule has 2 heteroatoms. The summed E-state index contributed by atoms with van der Waals surface area (Å²) in [5, 5.41) is 4.04. The van der Waals surface area contributed by atoms with Gasteiger partial charge in [0.1, 0.15) is 6.26 Å². The fourth-order valence-corrected chi connectivity index (χ4v) is 1.51. The molecule has 2 nitrogen and oxygen atoms in total. The summed E-state index contributed by atoms with van der Waals surface area (Å²) in [7, 11) is 0. The van der Waals surface area contributed by atoms with Gasteiger partial charge in [-0.3, -0.25) is 0 Å². The van der Waals surface area contributed by atoms with Crippen LogP contribution in [0.3, 0.4) is 0 Å². The summed E-state index contributed by atoms with van der Waals surface area (Å²) in [5.41, 5.74) is 3.00. The molecule has 0 aliphatic heterocycles. The zero-order valence-corrected chi connectivity index (χ0v) is 10.3. The van der Waals surface area contributed by atoms with Crippen LogP contribution < -0.4 is 0 Å². The van der Waals surface area contributed by atoms with Crippen LogP contribution in [0.25, 0.3) is 6.08 Å². The van der Waals surface area contributed by atoms with Gasteiger partial charge < -0.3 is 4.84 Å². The fraction of sp³-hybridized carbons (Fsp3) is 0.0625. The van der Waals surface area contributed by atoms with Crippen molar-refractivity contribution >= 4 is 11.8 Å². The summed E-state index contributed by atoms with van der Waals surface area (Å²) in [4.78, 5) is 5.16. The van der Waals surface area contributed by atoms with Gasteiger partial charge in [-0.25, -0.2) is 0 Å². The quantitative estimate of drug-likeness (QED) is 0.445. The zero-order valence-electron chi connectivity index (χ0n) is 10.3. The maximum Gasteiger partial charge on any atom is 0.122 e. The lowest BCUT2D eigenvalue weighted by Crippen LogP contribution is -1.93. The third kappa shape index (κ3) is 3.59. The van der Waals surface area contributed by atoms with E-state index >= 15 is 0 Å². The van der Waals surface area contributed by atoms with Crippen molar-refractivity contribution < 1.29 is 4.84 Å². The summed E-state index contributed by atoms with van der Waals surface area (Å²) in [6.45, 7) is 1.92. The third-order valence-corrected chi connectivity index (χ3v) is 2.50. The van der Waals surface area contributed by atoms with Crippen LogP contribution in [0, 0.1) is 0 Å². The van der Waals surface area contributed by atoms with E-state index in [-0.39, 0.29) is 0 Å². The van der Waals surface area contributed by atoms with E-state index in [1.54, 1.807) is 6.26 Å². The van der Waals surface area contributed by atoms with Crippen molar-refractivity contribution in [3.63, 3.8) is 0 Å². The Hall–Kier alpha value is -2.35. The first-order valence-corrected chi connectivity index (χ1v) is 5.84. The van der Waals surface area contributed by atoms with Crippen LogP contribution in [0.15, 0.2) is 72.1 Å². The number of nitrogens with zero attached hydrogens (tertiary/aromatic N) is 1. The molecule has 0 bridgehead atoms. The van der Waals surface area contributed by atoms with Crippen LogP contribution in [-0.4, -0.2) is 5.71 Å². The average Bonchev–Trinajstić information content (AvgIpc) is 2.45. The van der Waals surface area contributed by atoms with Gasteiger partial charge in [0.2, 0.25) is 0 Å². The fourth-order valence-electron chi connectivity index (χ4n) is 1.51. The van der Waals surface area contributed by atoms with Gasteiger partial charge in [-0.05, 0) is 24.1 Å². The molecule has 18 heavy (non-hydrogen) atoms. The molecule has 2 aromatic rings. The van der Waals surface area contributed by atoms with Crippen LogP contribution in [0.1, 0.15) is 18.1 Å². The second-order valence-corrected chi connectivity index (χ2v) is 3.86. The first-order chi connectivity index (χ1) is 8.86. The van der Waals surface area contributed by atoms with Gasteiger partial charge in [0.25, 0.3) is 0 Å². The van der Waals surface area contributed by atoms with Crippen molar-refractivity contribution in [1.82, 2.24) is 0 Å². The van der Waals surface area contributed by atoms with Gasteiger partial charge >= 0.3 is 0 Å². The Bertz CT molecular complexity index is 530. The molecule has 0 aliphatic carbocycles. The predicted molar refractivity (Wildman–Crippen MR) is 75.2 cm³/mol. The minimum atomic E-state index is 0.855. The van der Waals surface area contributed by atoms with Crippen LogP contribution in [0.5, 0.6) is 0 Å². The van der Waals surface area contributed by atoms with Crippen LogP contribution >= 0.6 is 0 Å². The Morgan fingerprint density at radius 2 is 1.56 bits per heavy atom. The average molecular weight is 237 g/mol. The van der Waals surface area contributed by atoms with Gasteiger partial charge in [-0.2, -0.15) is 0 Å². The van der Waals surface area contributed by atoms with Gasteiger partial charge in [0.15, 0.2) is 0 Å². The Balaban J connectivity index is 1.94. The third-order valence-electron chi connectivity index (χ3n) is 2.50. The molecule has 0 aliphatic rings. The highest BCUT2D eigenvalue weighted by molar-refractivity contribution is 5.98. The molecular weight excluding hydrogens is 222 g/mol. The standard InChI is InChI=1S/C16H15NO/c1-14(16-10-6-3-7-11-16)17-18-13-12-15-8-4-2-5-9-15/h2-13H,1H3/b13-12+,17-14+. The van der Waals surface area contributed by atoms with Gasteiger partial charge in [0.05, 0.1) is 5.71 Å². The molecule has 0 atom stereocenters. The van der Waals surface area contributed by atoms with E-state index in [9.17, 15) is 0 Å². The van der Waals surface area contributed by atoms with E-state index in [4.69, 9.17) is 4.84 Å². The molecule has 0 saturated carbocycles. The normalized spacial score (nSPS) is 11.7. The first kappa shape index (κ1) is 12.1. The maximum absolute atomic E-state index is 5.16. The number of benzene rings is 2. The van der Waals surface area contributed by atoms with Crippen molar-refractivity contribution in [2.75, 3.05) is 0 Å². The molecule has 2 aromatic carbocycles. The van der Waals surface area contributed by atoms with E-state index in [1.165, 1.54) is 0 Å². The van der Waals surface area contributed by atoms with Crippen molar-refractivity contribution in [1.29, 1.82) is 0 Å². The minimum absolute atomic E-state index is 0.855. The number of rotatable bonds is 4. The number of hydrogen-bond donors (Lipinski definition) is 0. The highest BCUT2D eigenvalue weighted by Crippen LogP contribution is 2.03. The summed E-state index contributed by atoms with van der Waals surface area (Å²) < 4.78 is 0. The SMILES string of the molecule is C/C(=N\O/C=C/c1ccccc1)c1ccccc1. The van der Waals surface area contributed by atoms with Crippen LogP contribution in [-0.2, 0) is 4.84 Å². The molecule has 0 saturated heterocycles. The molecule has 0 heterocycles. The lowest BCUT2D eigenvalue weighted by atomic mass is 10.1. The largest absolute Gasteiger partial charge is 0.365 e. The molecule has 0 amide bonds. The molecule has 0 radical (unpaired) electrons. The maximum atomic E-state index is 5.16. The molecule has 0 N–H and O–H groups in total. The van der Waals surface area contributed by atoms with Crippen molar-refractivity contribution in [3.05, 3.63) is 78.1 Å². The van der Waals surface area contributed by atoms with Crippen LogP contribution in [0.4, 0.5) is 0 Å². The van der Waals surface area contributed by atoms with E-state index in [0.717, 1.165) is 16.8 Å². The summed E-state index contributed by atoms with van der Waals surface area (Å²) in [6, 6.07) is 19.9. The van der Waals surface area contributed by atoms with Crippen molar-refractivity contribution in [2.45, 2.75) is 6.92 Å². The van der Waals surface area contributed by atoms with Gasteiger partial charge in [-0.15, -0.1) is 0 Å². The monoisotopic (exact) mass is 237 g/mol. The van der Waals surface area contributed by atoms with Crippen molar-refractivity contribution in [3.8, 4) is 0 Å². The van der Waals surface area contributed by atoms with E-state index in [0.29, 0.717) is 0 Å². The zero-order chi connectivity index (χ0) is 12.6. The lowest BCUT2D eigenvalue weighted by molar-refractivity contribution is 0.271. The summed E-state index contributed by atoms with van der Waals surface area (Å²) in [6.07, 6.45) is 3.46. The topological polar surface area (TPSA) is 21.6 Å². The number of hydrogen-bond acceptors (Lipinski definition) is 2.